The number of carbonyl (C=O) groups excluding carboxylic acids is 1. The number of benzene rings is 2. The van der Waals surface area contributed by atoms with Gasteiger partial charge in [0.15, 0.2) is 0 Å². The minimum Gasteiger partial charge on any atom is -0.320 e. The minimum absolute atomic E-state index is 0.197. The average Bonchev–Trinajstić information content (AvgIpc) is 2.50. The monoisotopic (exact) mass is 338 g/mol. The van der Waals surface area contributed by atoms with Crippen molar-refractivity contribution < 1.29 is 4.79 Å². The smallest absolute Gasteiger partial charge is 0.257 e. The molecule has 0 aliphatic heterocycles. The van der Waals surface area contributed by atoms with Gasteiger partial charge in [-0.15, -0.1) is 0 Å². The SMILES string of the molecule is Cc1cc(C)c(NC(=O)c2cc3cc(C)ccc3nc2C)c(Cl)c1. The molecule has 1 amide bonds. The van der Waals surface area contributed by atoms with E-state index in [4.69, 9.17) is 11.6 Å². The van der Waals surface area contributed by atoms with Gasteiger partial charge in [-0.3, -0.25) is 9.78 Å². The Kier molecular flexibility index (Phi) is 4.29. The summed E-state index contributed by atoms with van der Waals surface area (Å²) in [5.74, 6) is -0.197. The first-order valence-corrected chi connectivity index (χ1v) is 8.19. The van der Waals surface area contributed by atoms with Crippen LogP contribution in [0.25, 0.3) is 10.9 Å². The quantitative estimate of drug-likeness (QED) is 0.682. The van der Waals surface area contributed by atoms with Gasteiger partial charge in [-0.05, 0) is 63.1 Å². The molecule has 0 saturated carbocycles. The lowest BCUT2D eigenvalue weighted by molar-refractivity contribution is 0.102. The zero-order chi connectivity index (χ0) is 17.4. The molecule has 24 heavy (non-hydrogen) atoms. The van der Waals surface area contributed by atoms with E-state index < -0.39 is 0 Å². The fourth-order valence-corrected chi connectivity index (χ4v) is 3.25. The molecule has 0 fully saturated rings. The van der Waals surface area contributed by atoms with Gasteiger partial charge in [0.05, 0.1) is 27.5 Å². The van der Waals surface area contributed by atoms with Gasteiger partial charge in [0.2, 0.25) is 0 Å². The second-order valence-corrected chi connectivity index (χ2v) is 6.62. The third-order valence-electron chi connectivity index (χ3n) is 4.08. The van der Waals surface area contributed by atoms with E-state index in [1.165, 1.54) is 0 Å². The van der Waals surface area contributed by atoms with Crippen molar-refractivity contribution in [2.24, 2.45) is 0 Å². The lowest BCUT2D eigenvalue weighted by atomic mass is 10.1. The molecule has 0 bridgehead atoms. The van der Waals surface area contributed by atoms with Gasteiger partial charge in [-0.25, -0.2) is 0 Å². The predicted molar refractivity (Wildman–Crippen MR) is 100 cm³/mol. The van der Waals surface area contributed by atoms with Crippen LogP contribution in [0.3, 0.4) is 0 Å². The predicted octanol–water partition coefficient (Wildman–Crippen LogP) is 5.37. The van der Waals surface area contributed by atoms with Gasteiger partial charge in [0, 0.05) is 5.39 Å². The molecule has 0 radical (unpaired) electrons. The number of halogens is 1. The average molecular weight is 339 g/mol. The highest BCUT2D eigenvalue weighted by molar-refractivity contribution is 6.34. The van der Waals surface area contributed by atoms with Gasteiger partial charge >= 0.3 is 0 Å². The minimum atomic E-state index is -0.197. The van der Waals surface area contributed by atoms with Crippen LogP contribution in [-0.4, -0.2) is 10.9 Å². The maximum atomic E-state index is 12.7. The first kappa shape index (κ1) is 16.5. The lowest BCUT2D eigenvalue weighted by Crippen LogP contribution is -2.15. The first-order chi connectivity index (χ1) is 11.3. The number of aromatic nitrogens is 1. The summed E-state index contributed by atoms with van der Waals surface area (Å²) in [6, 6.07) is 11.7. The molecule has 3 nitrogen and oxygen atoms in total. The van der Waals surface area contributed by atoms with E-state index in [1.807, 2.05) is 64.1 Å². The van der Waals surface area contributed by atoms with Crippen molar-refractivity contribution in [1.29, 1.82) is 0 Å². The Morgan fingerprint density at radius 2 is 1.75 bits per heavy atom. The number of carbonyl (C=O) groups is 1. The van der Waals surface area contributed by atoms with E-state index in [9.17, 15) is 4.79 Å². The van der Waals surface area contributed by atoms with Crippen molar-refractivity contribution in [3.8, 4) is 0 Å². The van der Waals surface area contributed by atoms with Crippen molar-refractivity contribution in [2.45, 2.75) is 27.7 Å². The molecule has 1 aromatic heterocycles. The summed E-state index contributed by atoms with van der Waals surface area (Å²) in [5, 5.41) is 4.43. The summed E-state index contributed by atoms with van der Waals surface area (Å²) < 4.78 is 0. The number of pyridine rings is 1. The summed E-state index contributed by atoms with van der Waals surface area (Å²) in [4.78, 5) is 17.3. The molecular formula is C20H19ClN2O. The van der Waals surface area contributed by atoms with Gasteiger partial charge in [-0.1, -0.05) is 29.3 Å². The molecule has 1 N–H and O–H groups in total. The highest BCUT2D eigenvalue weighted by Crippen LogP contribution is 2.28. The van der Waals surface area contributed by atoms with Crippen molar-refractivity contribution in [1.82, 2.24) is 4.98 Å². The van der Waals surface area contributed by atoms with Crippen molar-refractivity contribution in [2.75, 3.05) is 5.32 Å². The molecule has 3 rings (SSSR count). The summed E-state index contributed by atoms with van der Waals surface area (Å²) in [5.41, 5.74) is 5.94. The zero-order valence-corrected chi connectivity index (χ0v) is 15.0. The molecule has 0 aliphatic carbocycles. The van der Waals surface area contributed by atoms with Crippen LogP contribution in [0.2, 0.25) is 5.02 Å². The maximum absolute atomic E-state index is 12.7. The summed E-state index contributed by atoms with van der Waals surface area (Å²) in [6.45, 7) is 7.78. The Bertz CT molecular complexity index is 940. The second kappa shape index (κ2) is 6.25. The number of nitrogens with one attached hydrogen (secondary N) is 1. The normalized spacial score (nSPS) is 10.9. The number of nitrogens with zero attached hydrogens (tertiary/aromatic N) is 1. The van der Waals surface area contributed by atoms with Crippen molar-refractivity contribution >= 4 is 34.1 Å². The Balaban J connectivity index is 2.01. The lowest BCUT2D eigenvalue weighted by Gasteiger charge is -2.13. The number of aryl methyl sites for hydroxylation is 4. The van der Waals surface area contributed by atoms with Gasteiger partial charge < -0.3 is 5.32 Å². The van der Waals surface area contributed by atoms with Crippen LogP contribution in [0.4, 0.5) is 5.69 Å². The highest BCUT2D eigenvalue weighted by Gasteiger charge is 2.15. The molecular weight excluding hydrogens is 320 g/mol. The van der Waals surface area contributed by atoms with Crippen LogP contribution < -0.4 is 5.32 Å². The molecule has 2 aromatic carbocycles. The largest absolute Gasteiger partial charge is 0.320 e. The van der Waals surface area contributed by atoms with Crippen LogP contribution in [0.5, 0.6) is 0 Å². The van der Waals surface area contributed by atoms with Gasteiger partial charge in [-0.2, -0.15) is 0 Å². The van der Waals surface area contributed by atoms with Crippen LogP contribution in [0.1, 0.15) is 32.7 Å². The van der Waals surface area contributed by atoms with E-state index in [0.29, 0.717) is 22.0 Å². The molecule has 1 heterocycles. The van der Waals surface area contributed by atoms with Crippen molar-refractivity contribution in [3.05, 3.63) is 69.4 Å². The number of rotatable bonds is 2. The zero-order valence-electron chi connectivity index (χ0n) is 14.2. The molecule has 0 unspecified atom stereocenters. The number of fused-ring (bicyclic) bond motifs is 1. The number of hydrogen-bond donors (Lipinski definition) is 1. The van der Waals surface area contributed by atoms with E-state index in [0.717, 1.165) is 27.6 Å². The molecule has 0 spiro atoms. The van der Waals surface area contributed by atoms with Crippen LogP contribution >= 0.6 is 11.6 Å². The standard InChI is InChI=1S/C20H19ClN2O/c1-11-5-6-18-15(8-11)10-16(14(4)22-18)20(24)23-19-13(3)7-12(2)9-17(19)21/h5-10H,1-4H3,(H,23,24). The fourth-order valence-electron chi connectivity index (χ4n) is 2.88. The summed E-state index contributed by atoms with van der Waals surface area (Å²) >= 11 is 6.29. The van der Waals surface area contributed by atoms with Crippen LogP contribution in [-0.2, 0) is 0 Å². The number of anilines is 1. The topological polar surface area (TPSA) is 42.0 Å². The molecule has 0 atom stereocenters. The number of amides is 1. The molecule has 3 aromatic rings. The molecule has 0 aliphatic rings. The molecule has 122 valence electrons. The fraction of sp³-hybridized carbons (Fsp3) is 0.200. The highest BCUT2D eigenvalue weighted by atomic mass is 35.5. The van der Waals surface area contributed by atoms with E-state index in [-0.39, 0.29) is 5.91 Å². The summed E-state index contributed by atoms with van der Waals surface area (Å²) in [6.07, 6.45) is 0. The third kappa shape index (κ3) is 3.13. The molecule has 0 saturated heterocycles. The van der Waals surface area contributed by atoms with Crippen molar-refractivity contribution in [3.63, 3.8) is 0 Å². The molecule has 4 heteroatoms. The van der Waals surface area contributed by atoms with E-state index in [2.05, 4.69) is 10.3 Å². The Morgan fingerprint density at radius 3 is 2.46 bits per heavy atom. The Morgan fingerprint density at radius 1 is 1.00 bits per heavy atom. The maximum Gasteiger partial charge on any atom is 0.257 e. The number of hydrogen-bond acceptors (Lipinski definition) is 2. The van der Waals surface area contributed by atoms with Gasteiger partial charge in [0.25, 0.3) is 5.91 Å². The summed E-state index contributed by atoms with van der Waals surface area (Å²) in [7, 11) is 0. The van der Waals surface area contributed by atoms with Crippen LogP contribution in [0.15, 0.2) is 36.4 Å². The second-order valence-electron chi connectivity index (χ2n) is 6.21. The van der Waals surface area contributed by atoms with Gasteiger partial charge in [0.1, 0.15) is 0 Å². The van der Waals surface area contributed by atoms with E-state index >= 15 is 0 Å². The first-order valence-electron chi connectivity index (χ1n) is 7.81. The van der Waals surface area contributed by atoms with Crippen LogP contribution in [0, 0.1) is 27.7 Å². The Hall–Kier alpha value is -2.39. The third-order valence-corrected chi connectivity index (χ3v) is 4.37. The van der Waals surface area contributed by atoms with E-state index in [1.54, 1.807) is 0 Å². The Labute approximate surface area is 146 Å².